The summed E-state index contributed by atoms with van der Waals surface area (Å²) in [7, 11) is 2.11. The molecule has 42 heavy (non-hydrogen) atoms. The fourth-order valence-electron chi connectivity index (χ4n) is 7.40. The lowest BCUT2D eigenvalue weighted by Crippen LogP contribution is -2.68. The molecule has 0 aliphatic carbocycles. The molecule has 2 fully saturated rings. The highest BCUT2D eigenvalue weighted by molar-refractivity contribution is 9.10. The second-order valence-electron chi connectivity index (χ2n) is 12.9. The number of likely N-dealkylation sites (tertiary alicyclic amines) is 1. The van der Waals surface area contributed by atoms with Crippen molar-refractivity contribution in [1.82, 2.24) is 14.8 Å². The topological polar surface area (TPSA) is 81.6 Å². The Bertz CT molecular complexity index is 1550. The summed E-state index contributed by atoms with van der Waals surface area (Å²) in [5.74, 6) is 0.604. The van der Waals surface area contributed by atoms with Gasteiger partial charge >= 0.3 is 6.09 Å². The van der Waals surface area contributed by atoms with E-state index >= 15 is 4.39 Å². The van der Waals surface area contributed by atoms with Crippen molar-refractivity contribution < 1.29 is 23.8 Å². The number of carbonyl (C=O) groups is 1. The van der Waals surface area contributed by atoms with E-state index in [1.165, 1.54) is 4.90 Å². The smallest absolute Gasteiger partial charge is 0.407 e. The number of anilines is 2. The van der Waals surface area contributed by atoms with E-state index in [1.807, 2.05) is 6.08 Å². The Morgan fingerprint density at radius 3 is 2.67 bits per heavy atom. The number of pyridine rings is 1. The molecule has 1 unspecified atom stereocenters. The number of hydrogen-bond acceptors (Lipinski definition) is 7. The van der Waals surface area contributed by atoms with Crippen molar-refractivity contribution in [3.63, 3.8) is 0 Å². The highest BCUT2D eigenvalue weighted by atomic mass is 79.9. The van der Waals surface area contributed by atoms with Gasteiger partial charge in [0.25, 0.3) is 0 Å². The zero-order valence-corrected chi connectivity index (χ0v) is 26.4. The Morgan fingerprint density at radius 2 is 2.02 bits per heavy atom. The van der Waals surface area contributed by atoms with Crippen molar-refractivity contribution >= 4 is 55.9 Å². The second kappa shape index (κ2) is 9.89. The van der Waals surface area contributed by atoms with Crippen LogP contribution in [0, 0.1) is 11.2 Å². The largest absolute Gasteiger partial charge is 0.469 e. The van der Waals surface area contributed by atoms with E-state index in [9.17, 15) is 9.90 Å². The number of halogens is 3. The predicted molar refractivity (Wildman–Crippen MR) is 163 cm³/mol. The number of nitrogens with zero attached hydrogens (tertiary/aromatic N) is 5. The van der Waals surface area contributed by atoms with Crippen molar-refractivity contribution in [2.75, 3.05) is 43.0 Å². The highest BCUT2D eigenvalue weighted by Crippen LogP contribution is 2.56. The van der Waals surface area contributed by atoms with Crippen LogP contribution >= 0.6 is 27.5 Å². The molecule has 1 aromatic carbocycles. The Hall–Kier alpha value is -2.76. The molecule has 7 rings (SSSR count). The van der Waals surface area contributed by atoms with Crippen molar-refractivity contribution in [1.29, 1.82) is 0 Å². The SMILES string of the molecule is CN1CCC[C@H]1[C@H]1CN2C(=C3CC=CO3)[C@H]3CN(C(=O)O)CC(C(C)(C)C)N3c3c2c(nc2c(F)c(Br)c(Cl)cc32)O1. The maximum Gasteiger partial charge on any atom is 0.407 e. The number of ether oxygens (including phenoxy) is 2. The average molecular weight is 663 g/mol. The van der Waals surface area contributed by atoms with Crippen LogP contribution in [0.1, 0.15) is 40.0 Å². The fourth-order valence-corrected chi connectivity index (χ4v) is 7.89. The molecular formula is C30H34BrClFN5O4. The third-order valence-corrected chi connectivity index (χ3v) is 10.7. The number of benzene rings is 1. The van der Waals surface area contributed by atoms with E-state index < -0.39 is 11.9 Å². The maximum absolute atomic E-state index is 16.0. The molecule has 2 saturated heterocycles. The van der Waals surface area contributed by atoms with Gasteiger partial charge in [-0.05, 0) is 59.9 Å². The monoisotopic (exact) mass is 661 g/mol. The van der Waals surface area contributed by atoms with E-state index in [0.29, 0.717) is 30.8 Å². The lowest BCUT2D eigenvalue weighted by molar-refractivity contribution is 0.0930. The van der Waals surface area contributed by atoms with Crippen LogP contribution in [0.2, 0.25) is 5.02 Å². The summed E-state index contributed by atoms with van der Waals surface area (Å²) in [5, 5.41) is 11.1. The van der Waals surface area contributed by atoms with Crippen LogP contribution < -0.4 is 14.5 Å². The van der Waals surface area contributed by atoms with E-state index in [2.05, 4.69) is 58.4 Å². The first-order valence-electron chi connectivity index (χ1n) is 14.4. The van der Waals surface area contributed by atoms with E-state index in [0.717, 1.165) is 42.2 Å². The van der Waals surface area contributed by atoms with Gasteiger partial charge in [0.1, 0.15) is 23.1 Å². The van der Waals surface area contributed by atoms with Gasteiger partial charge in [-0.1, -0.05) is 32.4 Å². The summed E-state index contributed by atoms with van der Waals surface area (Å²) in [6.07, 6.45) is 5.12. The van der Waals surface area contributed by atoms with Gasteiger partial charge in [-0.2, -0.15) is 0 Å². The molecule has 1 N–H and O–H groups in total. The van der Waals surface area contributed by atoms with Crippen LogP contribution in [0.3, 0.4) is 0 Å². The third-order valence-electron chi connectivity index (χ3n) is 9.42. The van der Waals surface area contributed by atoms with Gasteiger partial charge in [0, 0.05) is 24.4 Å². The lowest BCUT2D eigenvalue weighted by atomic mass is 9.80. The molecule has 0 saturated carbocycles. The number of piperazine rings is 1. The number of allylic oxidation sites excluding steroid dienone is 1. The van der Waals surface area contributed by atoms with Crippen LogP contribution in [0.4, 0.5) is 20.6 Å². The minimum atomic E-state index is -0.963. The molecule has 2 aromatic rings. The predicted octanol–water partition coefficient (Wildman–Crippen LogP) is 6.19. The van der Waals surface area contributed by atoms with Gasteiger partial charge in [0.15, 0.2) is 5.82 Å². The summed E-state index contributed by atoms with van der Waals surface area (Å²) in [5.41, 5.74) is 2.26. The Morgan fingerprint density at radius 1 is 1.24 bits per heavy atom. The Labute approximate surface area is 257 Å². The molecule has 1 amide bonds. The average Bonchev–Trinajstić information content (AvgIpc) is 3.62. The van der Waals surface area contributed by atoms with Crippen molar-refractivity contribution in [3.8, 4) is 5.88 Å². The first-order chi connectivity index (χ1) is 20.0. The quantitative estimate of drug-likeness (QED) is 0.362. The molecule has 1 aromatic heterocycles. The third kappa shape index (κ3) is 4.17. The van der Waals surface area contributed by atoms with Crippen LogP contribution in [0.15, 0.2) is 34.3 Å². The standard InChI is InChI=1S/C30H34BrClFN5O4/c1-30(2,3)21-14-36(29(39)40)12-18-26(19-8-6-10-41-19)37-13-20(17-7-5-9-35(17)4)42-28-27(37)25(38(18)21)15-11-16(32)22(31)23(33)24(15)34-28/h6,10-11,17-18,20-21H,5,7-9,12-14H2,1-4H3,(H,39,40)/t17-,18+,20+,21?/m0/s1. The van der Waals surface area contributed by atoms with E-state index in [4.69, 9.17) is 26.1 Å². The molecule has 0 spiro atoms. The molecular weight excluding hydrogens is 629 g/mol. The number of amides is 1. The van der Waals surface area contributed by atoms with Crippen LogP contribution in [-0.2, 0) is 4.74 Å². The molecule has 5 aliphatic heterocycles. The molecule has 12 heteroatoms. The minimum absolute atomic E-state index is 0.153. The fraction of sp³-hybridized carbons (Fsp3) is 0.533. The van der Waals surface area contributed by atoms with Crippen molar-refractivity contribution in [2.24, 2.45) is 5.41 Å². The normalized spacial score (nSPS) is 29.1. The first kappa shape index (κ1) is 28.0. The number of aromatic nitrogens is 1. The molecule has 6 heterocycles. The summed E-state index contributed by atoms with van der Waals surface area (Å²) < 4.78 is 28.9. The number of likely N-dealkylation sites (N-methyl/N-ethyl adjacent to an activating group) is 1. The summed E-state index contributed by atoms with van der Waals surface area (Å²) >= 11 is 9.89. The second-order valence-corrected chi connectivity index (χ2v) is 14.1. The maximum atomic E-state index is 16.0. The molecule has 0 bridgehead atoms. The molecule has 9 nitrogen and oxygen atoms in total. The summed E-state index contributed by atoms with van der Waals surface area (Å²) in [4.78, 5) is 25.7. The van der Waals surface area contributed by atoms with Crippen molar-refractivity contribution in [2.45, 2.75) is 64.3 Å². The molecule has 5 aliphatic rings. The first-order valence-corrected chi connectivity index (χ1v) is 15.6. The minimum Gasteiger partial charge on any atom is -0.469 e. The Balaban J connectivity index is 1.55. The Kier molecular flexibility index (Phi) is 6.60. The lowest BCUT2D eigenvalue weighted by Gasteiger charge is -2.58. The number of fused-ring (bicyclic) bond motifs is 4. The van der Waals surface area contributed by atoms with E-state index in [1.54, 1.807) is 12.3 Å². The van der Waals surface area contributed by atoms with Crippen molar-refractivity contribution in [3.05, 3.63) is 45.2 Å². The molecule has 0 radical (unpaired) electrons. The number of rotatable bonds is 1. The van der Waals surface area contributed by atoms with Crippen LogP contribution in [0.5, 0.6) is 5.88 Å². The van der Waals surface area contributed by atoms with E-state index in [-0.39, 0.29) is 51.2 Å². The number of hydrogen-bond donors (Lipinski definition) is 1. The van der Waals surface area contributed by atoms with Gasteiger partial charge in [-0.25, -0.2) is 14.2 Å². The molecule has 224 valence electrons. The zero-order valence-electron chi connectivity index (χ0n) is 24.0. The van der Waals surface area contributed by atoms with Gasteiger partial charge in [0.05, 0.1) is 52.3 Å². The van der Waals surface area contributed by atoms with Gasteiger partial charge < -0.3 is 29.3 Å². The number of carboxylic acid groups (broad SMARTS) is 1. The summed E-state index contributed by atoms with van der Waals surface area (Å²) in [6.45, 7) is 8.36. The highest BCUT2D eigenvalue weighted by Gasteiger charge is 2.53. The van der Waals surface area contributed by atoms with Gasteiger partial charge in [-0.15, -0.1) is 0 Å². The van der Waals surface area contributed by atoms with Gasteiger partial charge in [0.2, 0.25) is 5.88 Å². The van der Waals surface area contributed by atoms with Gasteiger partial charge in [-0.3, -0.25) is 4.90 Å². The van der Waals surface area contributed by atoms with Crippen LogP contribution in [-0.4, -0.2) is 83.4 Å². The zero-order chi connectivity index (χ0) is 29.7. The molecule has 4 atom stereocenters. The summed E-state index contributed by atoms with van der Waals surface area (Å²) in [6, 6.07) is 1.29. The van der Waals surface area contributed by atoms with Crippen LogP contribution in [0.25, 0.3) is 10.9 Å².